The van der Waals surface area contributed by atoms with Crippen LogP contribution in [0.1, 0.15) is 15.9 Å². The summed E-state index contributed by atoms with van der Waals surface area (Å²) in [7, 11) is 1.74. The Hall–Kier alpha value is -2.89. The van der Waals surface area contributed by atoms with E-state index in [2.05, 4.69) is 10.4 Å². The second-order valence-electron chi connectivity index (χ2n) is 4.15. The maximum absolute atomic E-state index is 11.9. The lowest BCUT2D eigenvalue weighted by Crippen LogP contribution is -2.10. The van der Waals surface area contributed by atoms with Crippen molar-refractivity contribution in [3.05, 3.63) is 53.9 Å². The molecule has 0 unspecified atom stereocenters. The summed E-state index contributed by atoms with van der Waals surface area (Å²) < 4.78 is 1.55. The van der Waals surface area contributed by atoms with Crippen molar-refractivity contribution in [2.24, 2.45) is 7.05 Å². The van der Waals surface area contributed by atoms with E-state index >= 15 is 0 Å². The van der Waals surface area contributed by atoms with Gasteiger partial charge in [0.1, 0.15) is 0 Å². The zero-order valence-electron chi connectivity index (χ0n) is 10.8. The summed E-state index contributed by atoms with van der Waals surface area (Å²) in [5.74, 6) is -1.24. The molecule has 0 fully saturated rings. The van der Waals surface area contributed by atoms with Gasteiger partial charge in [-0.2, -0.15) is 5.10 Å². The maximum atomic E-state index is 11.9. The van der Waals surface area contributed by atoms with E-state index in [0.717, 1.165) is 11.6 Å². The molecule has 6 heteroatoms. The molecule has 0 aliphatic heterocycles. The van der Waals surface area contributed by atoms with Crippen LogP contribution in [-0.4, -0.2) is 26.8 Å². The third-order valence-electron chi connectivity index (χ3n) is 2.55. The summed E-state index contributed by atoms with van der Waals surface area (Å²) in [6.07, 6.45) is 5.65. The van der Waals surface area contributed by atoms with E-state index < -0.39 is 5.97 Å². The molecule has 1 heterocycles. The zero-order chi connectivity index (χ0) is 14.5. The van der Waals surface area contributed by atoms with Gasteiger partial charge in [-0.1, -0.05) is 12.1 Å². The molecule has 20 heavy (non-hydrogen) atoms. The lowest BCUT2D eigenvalue weighted by Gasteiger charge is -2.03. The van der Waals surface area contributed by atoms with E-state index in [1.165, 1.54) is 12.3 Å². The summed E-state index contributed by atoms with van der Waals surface area (Å²) >= 11 is 0. The third-order valence-corrected chi connectivity index (χ3v) is 2.55. The largest absolute Gasteiger partial charge is 0.478 e. The molecule has 2 N–H and O–H groups in total. The Morgan fingerprint density at radius 3 is 2.55 bits per heavy atom. The normalized spacial score (nSPS) is 10.7. The van der Waals surface area contributed by atoms with Crippen LogP contribution in [0.4, 0.5) is 5.69 Å². The molecule has 0 bridgehead atoms. The Balaban J connectivity index is 2.03. The number of nitrogens with one attached hydrogen (secondary N) is 1. The van der Waals surface area contributed by atoms with Crippen LogP contribution >= 0.6 is 0 Å². The molecule has 0 aliphatic carbocycles. The smallest absolute Gasteiger partial charge is 0.328 e. The van der Waals surface area contributed by atoms with Crippen molar-refractivity contribution < 1.29 is 14.7 Å². The lowest BCUT2D eigenvalue weighted by atomic mass is 10.2. The Morgan fingerprint density at radius 1 is 1.30 bits per heavy atom. The average Bonchev–Trinajstić information content (AvgIpc) is 2.85. The van der Waals surface area contributed by atoms with Crippen LogP contribution in [0.2, 0.25) is 0 Å². The highest BCUT2D eigenvalue weighted by atomic mass is 16.4. The van der Waals surface area contributed by atoms with Crippen LogP contribution < -0.4 is 5.32 Å². The number of carbonyl (C=O) groups is 2. The third kappa shape index (κ3) is 3.55. The van der Waals surface area contributed by atoms with E-state index in [-0.39, 0.29) is 5.91 Å². The summed E-state index contributed by atoms with van der Waals surface area (Å²) in [6, 6.07) is 6.85. The fourth-order valence-electron chi connectivity index (χ4n) is 1.59. The Morgan fingerprint density at radius 2 is 2.00 bits per heavy atom. The van der Waals surface area contributed by atoms with Crippen LogP contribution in [0.5, 0.6) is 0 Å². The number of hydrogen-bond acceptors (Lipinski definition) is 3. The number of carbonyl (C=O) groups excluding carboxylic acids is 1. The van der Waals surface area contributed by atoms with Gasteiger partial charge in [0.25, 0.3) is 5.91 Å². The van der Waals surface area contributed by atoms with Crippen LogP contribution in [0, 0.1) is 0 Å². The van der Waals surface area contributed by atoms with E-state index in [4.69, 9.17) is 5.11 Å². The second kappa shape index (κ2) is 5.83. The van der Waals surface area contributed by atoms with Gasteiger partial charge in [0.15, 0.2) is 0 Å². The van der Waals surface area contributed by atoms with Crippen LogP contribution in [0.25, 0.3) is 6.08 Å². The van der Waals surface area contributed by atoms with Crippen molar-refractivity contribution in [1.82, 2.24) is 9.78 Å². The van der Waals surface area contributed by atoms with E-state index in [1.807, 2.05) is 0 Å². The number of rotatable bonds is 4. The van der Waals surface area contributed by atoms with E-state index in [9.17, 15) is 9.59 Å². The van der Waals surface area contributed by atoms with Gasteiger partial charge in [0.2, 0.25) is 0 Å². The van der Waals surface area contributed by atoms with Gasteiger partial charge < -0.3 is 10.4 Å². The first-order chi connectivity index (χ1) is 9.54. The lowest BCUT2D eigenvalue weighted by molar-refractivity contribution is -0.131. The average molecular weight is 271 g/mol. The quantitative estimate of drug-likeness (QED) is 0.830. The van der Waals surface area contributed by atoms with Crippen molar-refractivity contribution in [3.8, 4) is 0 Å². The molecule has 0 saturated carbocycles. The van der Waals surface area contributed by atoms with Crippen LogP contribution in [-0.2, 0) is 11.8 Å². The van der Waals surface area contributed by atoms with E-state index in [0.29, 0.717) is 11.3 Å². The molecule has 2 rings (SSSR count). The number of aryl methyl sites for hydroxylation is 1. The molecule has 1 amide bonds. The SMILES string of the molecule is Cn1cc(C(=O)Nc2ccc(/C=C/C(=O)O)cc2)cn1. The minimum absolute atomic E-state index is 0.244. The standard InChI is InChI=1S/C14H13N3O3/c1-17-9-11(8-15-17)14(20)16-12-5-2-10(3-6-12)4-7-13(18)19/h2-9H,1H3,(H,16,20)(H,18,19)/b7-4+. The van der Waals surface area contributed by atoms with Gasteiger partial charge in [0, 0.05) is 25.0 Å². The highest BCUT2D eigenvalue weighted by molar-refractivity contribution is 6.03. The summed E-state index contributed by atoms with van der Waals surface area (Å²) in [5, 5.41) is 15.2. The molecular formula is C14H13N3O3. The Labute approximate surface area is 115 Å². The first kappa shape index (κ1) is 13.5. The highest BCUT2D eigenvalue weighted by Gasteiger charge is 2.07. The topological polar surface area (TPSA) is 84.2 Å². The van der Waals surface area contributed by atoms with Crippen LogP contribution in [0.3, 0.4) is 0 Å². The molecule has 102 valence electrons. The number of aliphatic carboxylic acids is 1. The number of carboxylic acid groups (broad SMARTS) is 1. The van der Waals surface area contributed by atoms with Gasteiger partial charge in [-0.05, 0) is 23.8 Å². The molecule has 0 atom stereocenters. The fraction of sp³-hybridized carbons (Fsp3) is 0.0714. The molecule has 6 nitrogen and oxygen atoms in total. The predicted octanol–water partition coefficient (Wildman–Crippen LogP) is 1.77. The van der Waals surface area contributed by atoms with Crippen molar-refractivity contribution in [3.63, 3.8) is 0 Å². The van der Waals surface area contributed by atoms with Crippen molar-refractivity contribution in [1.29, 1.82) is 0 Å². The molecule has 1 aromatic heterocycles. The van der Waals surface area contributed by atoms with Gasteiger partial charge in [-0.3, -0.25) is 9.48 Å². The minimum atomic E-state index is -1.00. The zero-order valence-corrected chi connectivity index (χ0v) is 10.8. The van der Waals surface area contributed by atoms with Crippen LogP contribution in [0.15, 0.2) is 42.7 Å². The molecule has 0 aliphatic rings. The van der Waals surface area contributed by atoms with Gasteiger partial charge in [0.05, 0.1) is 11.8 Å². The number of anilines is 1. The number of benzene rings is 1. The van der Waals surface area contributed by atoms with Crippen molar-refractivity contribution >= 4 is 23.6 Å². The van der Waals surface area contributed by atoms with Gasteiger partial charge in [-0.15, -0.1) is 0 Å². The molecule has 0 spiro atoms. The number of carboxylic acids is 1. The number of nitrogens with zero attached hydrogens (tertiary/aromatic N) is 2. The van der Waals surface area contributed by atoms with E-state index in [1.54, 1.807) is 42.2 Å². The molecule has 0 saturated heterocycles. The number of aromatic nitrogens is 2. The summed E-state index contributed by atoms with van der Waals surface area (Å²) in [4.78, 5) is 22.3. The molecule has 1 aromatic carbocycles. The monoisotopic (exact) mass is 271 g/mol. The summed E-state index contributed by atoms with van der Waals surface area (Å²) in [6.45, 7) is 0. The maximum Gasteiger partial charge on any atom is 0.328 e. The predicted molar refractivity (Wildman–Crippen MR) is 74.3 cm³/mol. The first-order valence-electron chi connectivity index (χ1n) is 5.85. The van der Waals surface area contributed by atoms with Gasteiger partial charge >= 0.3 is 5.97 Å². The second-order valence-corrected chi connectivity index (χ2v) is 4.15. The molecular weight excluding hydrogens is 258 g/mol. The number of hydrogen-bond donors (Lipinski definition) is 2. The first-order valence-corrected chi connectivity index (χ1v) is 5.85. The van der Waals surface area contributed by atoms with Crippen molar-refractivity contribution in [2.45, 2.75) is 0 Å². The minimum Gasteiger partial charge on any atom is -0.478 e. The van der Waals surface area contributed by atoms with Gasteiger partial charge in [-0.25, -0.2) is 4.79 Å². The summed E-state index contributed by atoms with van der Waals surface area (Å²) in [5.41, 5.74) is 1.85. The highest BCUT2D eigenvalue weighted by Crippen LogP contribution is 2.12. The molecule has 2 aromatic rings. The number of amides is 1. The molecule has 0 radical (unpaired) electrons. The Kier molecular flexibility index (Phi) is 3.95. The fourth-order valence-corrected chi connectivity index (χ4v) is 1.59. The Bertz CT molecular complexity index is 657. The van der Waals surface area contributed by atoms with Crippen molar-refractivity contribution in [2.75, 3.05) is 5.32 Å².